The number of rotatable bonds is 7. The smallest absolute Gasteiger partial charge is 0.243 e. The number of hydrogen-bond acceptors (Lipinski definition) is 5. The molecule has 1 aromatic heterocycles. The van der Waals surface area contributed by atoms with Gasteiger partial charge in [0.1, 0.15) is 5.58 Å². The zero-order valence-electron chi connectivity index (χ0n) is 18.6. The van der Waals surface area contributed by atoms with Gasteiger partial charge in [-0.05, 0) is 49.7 Å². The van der Waals surface area contributed by atoms with Gasteiger partial charge in [-0.15, -0.1) is 0 Å². The summed E-state index contributed by atoms with van der Waals surface area (Å²) in [6.45, 7) is 7.53. The zero-order valence-corrected chi connectivity index (χ0v) is 18.6. The van der Waals surface area contributed by atoms with E-state index in [0.29, 0.717) is 12.2 Å². The van der Waals surface area contributed by atoms with Gasteiger partial charge in [0.15, 0.2) is 0 Å². The molecule has 32 heavy (non-hydrogen) atoms. The van der Waals surface area contributed by atoms with Crippen molar-refractivity contribution in [1.82, 2.24) is 4.90 Å². The van der Waals surface area contributed by atoms with Gasteiger partial charge in [0, 0.05) is 42.0 Å². The Morgan fingerprint density at radius 3 is 2.56 bits per heavy atom. The summed E-state index contributed by atoms with van der Waals surface area (Å²) in [5, 5.41) is 3.83. The molecular formula is C25H29N3O4. The van der Waals surface area contributed by atoms with Crippen LogP contribution in [0.25, 0.3) is 11.0 Å². The maximum Gasteiger partial charge on any atom is 0.243 e. The van der Waals surface area contributed by atoms with Crippen molar-refractivity contribution in [2.75, 3.05) is 49.6 Å². The van der Waals surface area contributed by atoms with E-state index >= 15 is 0 Å². The fourth-order valence-corrected chi connectivity index (χ4v) is 3.93. The van der Waals surface area contributed by atoms with E-state index in [2.05, 4.69) is 10.2 Å². The van der Waals surface area contributed by atoms with Crippen LogP contribution in [0.3, 0.4) is 0 Å². The normalized spacial score (nSPS) is 13.9. The highest BCUT2D eigenvalue weighted by atomic mass is 16.5. The van der Waals surface area contributed by atoms with Crippen molar-refractivity contribution in [3.8, 4) is 0 Å². The maximum atomic E-state index is 12.8. The standard InChI is InChI=1S/C25H29N3O4/c1-3-27(25(30)15-19-17-32-23-14-18(2)4-9-22(19)23)16-24(29)26-20-5-7-21(8-6-20)28-10-12-31-13-11-28/h4-9,14,17H,3,10-13,15-16H2,1-2H3,(H,26,29). The third-order valence-corrected chi connectivity index (χ3v) is 5.75. The van der Waals surface area contributed by atoms with Crippen LogP contribution in [-0.4, -0.2) is 56.1 Å². The summed E-state index contributed by atoms with van der Waals surface area (Å²) in [4.78, 5) is 29.2. The summed E-state index contributed by atoms with van der Waals surface area (Å²) in [7, 11) is 0. The number of carbonyl (C=O) groups is 2. The molecule has 7 nitrogen and oxygen atoms in total. The Bertz CT molecular complexity index is 1080. The number of anilines is 2. The highest BCUT2D eigenvalue weighted by Crippen LogP contribution is 2.23. The molecule has 0 unspecified atom stereocenters. The van der Waals surface area contributed by atoms with Crippen molar-refractivity contribution in [1.29, 1.82) is 0 Å². The number of benzene rings is 2. The Morgan fingerprint density at radius 2 is 1.84 bits per heavy atom. The molecule has 1 aliphatic heterocycles. The number of fused-ring (bicyclic) bond motifs is 1. The van der Waals surface area contributed by atoms with Gasteiger partial charge < -0.3 is 24.3 Å². The van der Waals surface area contributed by atoms with Gasteiger partial charge in [-0.3, -0.25) is 9.59 Å². The minimum Gasteiger partial charge on any atom is -0.464 e. The van der Waals surface area contributed by atoms with Crippen LogP contribution in [0.1, 0.15) is 18.1 Å². The number of hydrogen-bond donors (Lipinski definition) is 1. The van der Waals surface area contributed by atoms with E-state index < -0.39 is 0 Å². The van der Waals surface area contributed by atoms with Crippen LogP contribution in [0.2, 0.25) is 0 Å². The van der Waals surface area contributed by atoms with Crippen LogP contribution in [-0.2, 0) is 20.7 Å². The van der Waals surface area contributed by atoms with Crippen LogP contribution in [0.5, 0.6) is 0 Å². The third-order valence-electron chi connectivity index (χ3n) is 5.75. The molecule has 1 saturated heterocycles. The number of amides is 2. The Kier molecular flexibility index (Phi) is 6.75. The van der Waals surface area contributed by atoms with Crippen molar-refractivity contribution in [3.63, 3.8) is 0 Å². The molecule has 0 bridgehead atoms. The van der Waals surface area contributed by atoms with E-state index in [9.17, 15) is 9.59 Å². The quantitative estimate of drug-likeness (QED) is 0.614. The molecule has 0 saturated carbocycles. The van der Waals surface area contributed by atoms with E-state index in [-0.39, 0.29) is 24.8 Å². The number of nitrogens with zero attached hydrogens (tertiary/aromatic N) is 2. The molecule has 0 radical (unpaired) electrons. The lowest BCUT2D eigenvalue weighted by Crippen LogP contribution is -2.38. The van der Waals surface area contributed by atoms with E-state index in [1.54, 1.807) is 11.2 Å². The first kappa shape index (κ1) is 21.9. The zero-order chi connectivity index (χ0) is 22.5. The number of nitrogens with one attached hydrogen (secondary N) is 1. The van der Waals surface area contributed by atoms with E-state index in [0.717, 1.165) is 54.1 Å². The lowest BCUT2D eigenvalue weighted by atomic mass is 10.1. The molecule has 168 valence electrons. The molecular weight excluding hydrogens is 406 g/mol. The monoisotopic (exact) mass is 435 g/mol. The molecule has 0 aliphatic carbocycles. The molecule has 7 heteroatoms. The van der Waals surface area contributed by atoms with Crippen LogP contribution in [0, 0.1) is 6.92 Å². The van der Waals surface area contributed by atoms with Crippen molar-refractivity contribution < 1.29 is 18.7 Å². The summed E-state index contributed by atoms with van der Waals surface area (Å²) in [5.41, 5.74) is 4.54. The van der Waals surface area contributed by atoms with Gasteiger partial charge >= 0.3 is 0 Å². The minimum absolute atomic E-state index is 0.00937. The highest BCUT2D eigenvalue weighted by Gasteiger charge is 2.19. The van der Waals surface area contributed by atoms with E-state index in [1.165, 1.54) is 0 Å². The summed E-state index contributed by atoms with van der Waals surface area (Å²) in [6, 6.07) is 13.7. The minimum atomic E-state index is -0.216. The second kappa shape index (κ2) is 9.87. The first-order valence-electron chi connectivity index (χ1n) is 11.0. The molecule has 2 heterocycles. The maximum absolute atomic E-state index is 12.8. The molecule has 1 N–H and O–H groups in total. The van der Waals surface area contributed by atoms with E-state index in [4.69, 9.17) is 9.15 Å². The van der Waals surface area contributed by atoms with Crippen LogP contribution >= 0.6 is 0 Å². The van der Waals surface area contributed by atoms with Crippen molar-refractivity contribution >= 4 is 34.2 Å². The van der Waals surface area contributed by atoms with Gasteiger partial charge in [0.25, 0.3) is 0 Å². The van der Waals surface area contributed by atoms with Crippen molar-refractivity contribution in [3.05, 3.63) is 59.9 Å². The molecule has 2 aromatic carbocycles. The molecule has 1 aliphatic rings. The summed E-state index contributed by atoms with van der Waals surface area (Å²) < 4.78 is 11.0. The average molecular weight is 436 g/mol. The van der Waals surface area contributed by atoms with Crippen LogP contribution in [0.15, 0.2) is 53.1 Å². The summed E-state index contributed by atoms with van der Waals surface area (Å²) >= 11 is 0. The van der Waals surface area contributed by atoms with Crippen LogP contribution < -0.4 is 10.2 Å². The van der Waals surface area contributed by atoms with Crippen molar-refractivity contribution in [2.24, 2.45) is 0 Å². The number of ether oxygens (including phenoxy) is 1. The number of carbonyl (C=O) groups excluding carboxylic acids is 2. The third kappa shape index (κ3) is 5.11. The Morgan fingerprint density at radius 1 is 1.09 bits per heavy atom. The number of furan rings is 1. The van der Waals surface area contributed by atoms with E-state index in [1.807, 2.05) is 56.3 Å². The topological polar surface area (TPSA) is 75.0 Å². The predicted octanol–water partition coefficient (Wildman–Crippen LogP) is 3.61. The molecule has 1 fully saturated rings. The predicted molar refractivity (Wildman–Crippen MR) is 125 cm³/mol. The fraction of sp³-hybridized carbons (Fsp3) is 0.360. The van der Waals surface area contributed by atoms with Gasteiger partial charge in [0.2, 0.25) is 11.8 Å². The summed E-state index contributed by atoms with van der Waals surface area (Å²) in [6.07, 6.45) is 1.83. The number of morpholine rings is 1. The average Bonchev–Trinajstić information content (AvgIpc) is 3.20. The van der Waals surface area contributed by atoms with Crippen molar-refractivity contribution in [2.45, 2.75) is 20.3 Å². The Labute approximate surface area is 187 Å². The number of likely N-dealkylation sites (N-methyl/N-ethyl adjacent to an activating group) is 1. The lowest BCUT2D eigenvalue weighted by molar-refractivity contribution is -0.133. The lowest BCUT2D eigenvalue weighted by Gasteiger charge is -2.29. The first-order chi connectivity index (χ1) is 15.5. The largest absolute Gasteiger partial charge is 0.464 e. The highest BCUT2D eigenvalue weighted by molar-refractivity contribution is 5.95. The van der Waals surface area contributed by atoms with Gasteiger partial charge in [-0.25, -0.2) is 0 Å². The van der Waals surface area contributed by atoms with Gasteiger partial charge in [-0.1, -0.05) is 12.1 Å². The summed E-state index contributed by atoms with van der Waals surface area (Å²) in [5.74, 6) is -0.319. The molecule has 0 spiro atoms. The SMILES string of the molecule is CCN(CC(=O)Nc1ccc(N2CCOCC2)cc1)C(=O)Cc1coc2cc(C)ccc12. The number of aryl methyl sites for hydroxylation is 1. The molecule has 4 rings (SSSR count). The Hall–Kier alpha value is -3.32. The molecule has 2 amide bonds. The second-order valence-corrected chi connectivity index (χ2v) is 8.04. The second-order valence-electron chi connectivity index (χ2n) is 8.04. The fourth-order valence-electron chi connectivity index (χ4n) is 3.93. The van der Waals surface area contributed by atoms with Crippen LogP contribution in [0.4, 0.5) is 11.4 Å². The van der Waals surface area contributed by atoms with Gasteiger partial charge in [0.05, 0.1) is 32.4 Å². The molecule has 3 aromatic rings. The van der Waals surface area contributed by atoms with Gasteiger partial charge in [-0.2, -0.15) is 0 Å². The first-order valence-corrected chi connectivity index (χ1v) is 11.0. The Balaban J connectivity index is 1.34. The molecule has 0 atom stereocenters.